The third-order valence-electron chi connectivity index (χ3n) is 3.45. The molecule has 106 valence electrons. The van der Waals surface area contributed by atoms with Gasteiger partial charge in [0.25, 0.3) is 0 Å². The van der Waals surface area contributed by atoms with Crippen LogP contribution >= 0.6 is 0 Å². The summed E-state index contributed by atoms with van der Waals surface area (Å²) >= 11 is 0. The SMILES string of the molecule is CCN(CCCc1ccc(N)cc1)c1ccccc1F. The number of rotatable bonds is 6. The van der Waals surface area contributed by atoms with Gasteiger partial charge in [0, 0.05) is 18.8 Å². The Bertz CT molecular complexity index is 537. The van der Waals surface area contributed by atoms with Crippen LogP contribution in [0.25, 0.3) is 0 Å². The van der Waals surface area contributed by atoms with Crippen LogP contribution < -0.4 is 10.6 Å². The van der Waals surface area contributed by atoms with Gasteiger partial charge in [0.1, 0.15) is 5.82 Å². The first-order chi connectivity index (χ1) is 9.70. The maximum Gasteiger partial charge on any atom is 0.146 e. The molecule has 0 aliphatic rings. The average molecular weight is 272 g/mol. The highest BCUT2D eigenvalue weighted by atomic mass is 19.1. The Morgan fingerprint density at radius 3 is 2.40 bits per heavy atom. The van der Waals surface area contributed by atoms with Crippen molar-refractivity contribution in [1.29, 1.82) is 0 Å². The second-order valence-corrected chi connectivity index (χ2v) is 4.88. The van der Waals surface area contributed by atoms with Gasteiger partial charge in [-0.15, -0.1) is 0 Å². The van der Waals surface area contributed by atoms with Crippen LogP contribution in [0.5, 0.6) is 0 Å². The molecule has 2 N–H and O–H groups in total. The normalized spacial score (nSPS) is 10.5. The molecular formula is C17H21FN2. The van der Waals surface area contributed by atoms with Crippen LogP contribution in [0.2, 0.25) is 0 Å². The number of anilines is 2. The van der Waals surface area contributed by atoms with Crippen molar-refractivity contribution in [2.75, 3.05) is 23.7 Å². The van der Waals surface area contributed by atoms with Crippen molar-refractivity contribution in [2.45, 2.75) is 19.8 Å². The van der Waals surface area contributed by atoms with Crippen LogP contribution in [0.1, 0.15) is 18.9 Å². The summed E-state index contributed by atoms with van der Waals surface area (Å²) in [5, 5.41) is 0. The Morgan fingerprint density at radius 2 is 1.75 bits per heavy atom. The second kappa shape index (κ2) is 6.94. The zero-order valence-corrected chi connectivity index (χ0v) is 11.8. The molecule has 0 saturated heterocycles. The van der Waals surface area contributed by atoms with Gasteiger partial charge in [-0.1, -0.05) is 24.3 Å². The molecule has 0 aromatic heterocycles. The van der Waals surface area contributed by atoms with Crippen molar-refractivity contribution in [3.05, 3.63) is 59.9 Å². The summed E-state index contributed by atoms with van der Waals surface area (Å²) < 4.78 is 13.8. The number of hydrogen-bond acceptors (Lipinski definition) is 2. The molecule has 2 aromatic rings. The van der Waals surface area contributed by atoms with Gasteiger partial charge in [0.15, 0.2) is 0 Å². The van der Waals surface area contributed by atoms with Crippen LogP contribution in [-0.2, 0) is 6.42 Å². The largest absolute Gasteiger partial charge is 0.399 e. The van der Waals surface area contributed by atoms with E-state index in [0.29, 0.717) is 5.69 Å². The highest BCUT2D eigenvalue weighted by molar-refractivity contribution is 5.47. The molecule has 0 saturated carbocycles. The smallest absolute Gasteiger partial charge is 0.146 e. The van der Waals surface area contributed by atoms with Crippen LogP contribution in [0.4, 0.5) is 15.8 Å². The van der Waals surface area contributed by atoms with Crippen molar-refractivity contribution in [2.24, 2.45) is 0 Å². The Morgan fingerprint density at radius 1 is 1.05 bits per heavy atom. The number of aryl methyl sites for hydroxylation is 1. The molecule has 0 heterocycles. The molecular weight excluding hydrogens is 251 g/mol. The standard InChI is InChI=1S/C17H21FN2/c1-2-20(17-8-4-3-7-16(17)18)13-5-6-14-9-11-15(19)12-10-14/h3-4,7-12H,2,5-6,13,19H2,1H3. The van der Waals surface area contributed by atoms with Gasteiger partial charge in [-0.25, -0.2) is 4.39 Å². The number of halogens is 1. The van der Waals surface area contributed by atoms with Gasteiger partial charge in [0.05, 0.1) is 5.69 Å². The minimum absolute atomic E-state index is 0.151. The van der Waals surface area contributed by atoms with Crippen molar-refractivity contribution in [3.8, 4) is 0 Å². The molecule has 0 bridgehead atoms. The van der Waals surface area contributed by atoms with E-state index in [9.17, 15) is 4.39 Å². The fraction of sp³-hybridized carbons (Fsp3) is 0.294. The lowest BCUT2D eigenvalue weighted by molar-refractivity contribution is 0.615. The van der Waals surface area contributed by atoms with Crippen LogP contribution in [0, 0.1) is 5.82 Å². The third kappa shape index (κ3) is 3.73. The Balaban J connectivity index is 1.91. The maximum atomic E-state index is 13.8. The van der Waals surface area contributed by atoms with E-state index in [1.807, 2.05) is 24.3 Å². The number of hydrogen-bond donors (Lipinski definition) is 1. The zero-order valence-electron chi connectivity index (χ0n) is 11.8. The summed E-state index contributed by atoms with van der Waals surface area (Å²) in [4.78, 5) is 2.08. The number of nitrogens with two attached hydrogens (primary N) is 1. The molecule has 3 heteroatoms. The topological polar surface area (TPSA) is 29.3 Å². The number of para-hydroxylation sites is 1. The monoisotopic (exact) mass is 272 g/mol. The van der Waals surface area contributed by atoms with Gasteiger partial charge >= 0.3 is 0 Å². The van der Waals surface area contributed by atoms with Crippen molar-refractivity contribution in [3.63, 3.8) is 0 Å². The van der Waals surface area contributed by atoms with Gasteiger partial charge in [0.2, 0.25) is 0 Å². The van der Waals surface area contributed by atoms with Gasteiger partial charge in [-0.2, -0.15) is 0 Å². The Kier molecular flexibility index (Phi) is 4.99. The van der Waals surface area contributed by atoms with E-state index in [4.69, 9.17) is 5.73 Å². The minimum Gasteiger partial charge on any atom is -0.399 e. The summed E-state index contributed by atoms with van der Waals surface area (Å²) in [6.45, 7) is 3.71. The van der Waals surface area contributed by atoms with E-state index in [1.54, 1.807) is 6.07 Å². The van der Waals surface area contributed by atoms with Crippen LogP contribution in [0.3, 0.4) is 0 Å². The quantitative estimate of drug-likeness (QED) is 0.809. The van der Waals surface area contributed by atoms with Crippen molar-refractivity contribution >= 4 is 11.4 Å². The van der Waals surface area contributed by atoms with E-state index in [-0.39, 0.29) is 5.82 Å². The van der Waals surface area contributed by atoms with Gasteiger partial charge in [-0.3, -0.25) is 0 Å². The predicted molar refractivity (Wildman–Crippen MR) is 83.5 cm³/mol. The fourth-order valence-corrected chi connectivity index (χ4v) is 2.32. The first kappa shape index (κ1) is 14.4. The Hall–Kier alpha value is -2.03. The van der Waals surface area contributed by atoms with E-state index in [1.165, 1.54) is 11.6 Å². The zero-order chi connectivity index (χ0) is 14.4. The molecule has 2 rings (SSSR count). The van der Waals surface area contributed by atoms with E-state index in [2.05, 4.69) is 24.0 Å². The lowest BCUT2D eigenvalue weighted by atomic mass is 10.1. The lowest BCUT2D eigenvalue weighted by Crippen LogP contribution is -2.25. The predicted octanol–water partition coefficient (Wildman–Crippen LogP) is 3.87. The van der Waals surface area contributed by atoms with Gasteiger partial charge < -0.3 is 10.6 Å². The summed E-state index contributed by atoms with van der Waals surface area (Å²) in [7, 11) is 0. The van der Waals surface area contributed by atoms with Crippen LogP contribution in [0.15, 0.2) is 48.5 Å². The molecule has 0 amide bonds. The summed E-state index contributed by atoms with van der Waals surface area (Å²) in [6, 6.07) is 14.9. The summed E-state index contributed by atoms with van der Waals surface area (Å²) in [5.41, 5.74) is 8.41. The molecule has 0 spiro atoms. The molecule has 0 radical (unpaired) electrons. The molecule has 0 fully saturated rings. The molecule has 0 aliphatic carbocycles. The Labute approximate surface area is 120 Å². The van der Waals surface area contributed by atoms with Gasteiger partial charge in [-0.05, 0) is 49.6 Å². The number of benzene rings is 2. The molecule has 2 nitrogen and oxygen atoms in total. The first-order valence-electron chi connectivity index (χ1n) is 7.04. The van der Waals surface area contributed by atoms with E-state index in [0.717, 1.165) is 31.6 Å². The van der Waals surface area contributed by atoms with Crippen LogP contribution in [-0.4, -0.2) is 13.1 Å². The van der Waals surface area contributed by atoms with Crippen molar-refractivity contribution < 1.29 is 4.39 Å². The molecule has 2 aromatic carbocycles. The third-order valence-corrected chi connectivity index (χ3v) is 3.45. The highest BCUT2D eigenvalue weighted by Gasteiger charge is 2.08. The lowest BCUT2D eigenvalue weighted by Gasteiger charge is -2.23. The molecule has 0 atom stereocenters. The van der Waals surface area contributed by atoms with E-state index < -0.39 is 0 Å². The molecule has 0 aliphatic heterocycles. The average Bonchev–Trinajstić information content (AvgIpc) is 2.47. The summed E-state index contributed by atoms with van der Waals surface area (Å²) in [6.07, 6.45) is 1.97. The number of nitrogens with zero attached hydrogens (tertiary/aromatic N) is 1. The maximum absolute atomic E-state index is 13.8. The highest BCUT2D eigenvalue weighted by Crippen LogP contribution is 2.19. The fourth-order valence-electron chi connectivity index (χ4n) is 2.32. The number of nitrogen functional groups attached to an aromatic ring is 1. The summed E-state index contributed by atoms with van der Waals surface area (Å²) in [5.74, 6) is -0.151. The van der Waals surface area contributed by atoms with Crippen molar-refractivity contribution in [1.82, 2.24) is 0 Å². The second-order valence-electron chi connectivity index (χ2n) is 4.88. The minimum atomic E-state index is -0.151. The van der Waals surface area contributed by atoms with E-state index >= 15 is 0 Å². The molecule has 20 heavy (non-hydrogen) atoms. The molecule has 0 unspecified atom stereocenters. The first-order valence-corrected chi connectivity index (χ1v) is 7.04.